The van der Waals surface area contributed by atoms with E-state index < -0.39 is 28.0 Å². The van der Waals surface area contributed by atoms with Gasteiger partial charge in [-0.15, -0.1) is 0 Å². The summed E-state index contributed by atoms with van der Waals surface area (Å²) in [5.74, 6) is -1.91. The number of imide groups is 2. The van der Waals surface area contributed by atoms with Crippen molar-refractivity contribution in [3.8, 4) is 5.75 Å². The highest BCUT2D eigenvalue weighted by Gasteiger charge is 2.28. The summed E-state index contributed by atoms with van der Waals surface area (Å²) in [5, 5.41) is 4.22. The summed E-state index contributed by atoms with van der Waals surface area (Å²) in [6, 6.07) is 10.4. The maximum absolute atomic E-state index is 12.4. The molecule has 2 N–H and O–H groups in total. The van der Waals surface area contributed by atoms with Gasteiger partial charge in [-0.1, -0.05) is 29.8 Å². The Hall–Kier alpha value is -3.17. The van der Waals surface area contributed by atoms with Crippen LogP contribution >= 0.6 is 11.6 Å². The van der Waals surface area contributed by atoms with Gasteiger partial charge in [-0.25, -0.2) is 4.79 Å². The second-order valence-corrected chi connectivity index (χ2v) is 7.31. The molecule has 8 nitrogen and oxygen atoms in total. The van der Waals surface area contributed by atoms with Gasteiger partial charge < -0.3 is 4.18 Å². The van der Waals surface area contributed by atoms with Gasteiger partial charge in [0.2, 0.25) is 0 Å². The highest BCUT2D eigenvalue weighted by Crippen LogP contribution is 2.26. The molecule has 0 aliphatic carbocycles. The molecule has 27 heavy (non-hydrogen) atoms. The minimum Gasteiger partial charge on any atom is -0.378 e. The summed E-state index contributed by atoms with van der Waals surface area (Å²) in [4.78, 5) is 34.7. The van der Waals surface area contributed by atoms with E-state index in [0.717, 1.165) is 6.08 Å². The summed E-state index contributed by atoms with van der Waals surface area (Å²) in [6.07, 6.45) is 1.13. The molecule has 1 aliphatic rings. The first kappa shape index (κ1) is 18.6. The van der Waals surface area contributed by atoms with E-state index in [0.29, 0.717) is 5.02 Å². The highest BCUT2D eigenvalue weighted by molar-refractivity contribution is 7.87. The second-order valence-electron chi connectivity index (χ2n) is 5.32. The molecule has 2 aromatic carbocycles. The van der Waals surface area contributed by atoms with Gasteiger partial charge >= 0.3 is 16.1 Å². The smallest absolute Gasteiger partial charge is 0.339 e. The zero-order valence-electron chi connectivity index (χ0n) is 13.4. The Morgan fingerprint density at radius 3 is 2.11 bits per heavy atom. The topological polar surface area (TPSA) is 119 Å². The van der Waals surface area contributed by atoms with Crippen molar-refractivity contribution in [1.29, 1.82) is 0 Å². The fourth-order valence-corrected chi connectivity index (χ4v) is 3.28. The number of amides is 4. The molecule has 1 saturated heterocycles. The van der Waals surface area contributed by atoms with E-state index >= 15 is 0 Å². The number of benzene rings is 2. The third-order valence-electron chi connectivity index (χ3n) is 3.46. The monoisotopic (exact) mass is 406 g/mol. The van der Waals surface area contributed by atoms with Crippen molar-refractivity contribution in [2.75, 3.05) is 0 Å². The van der Waals surface area contributed by atoms with Crippen LogP contribution in [0.4, 0.5) is 4.79 Å². The van der Waals surface area contributed by atoms with Gasteiger partial charge in [-0.3, -0.25) is 20.2 Å². The first-order chi connectivity index (χ1) is 12.8. The van der Waals surface area contributed by atoms with E-state index in [1.54, 1.807) is 6.07 Å². The third kappa shape index (κ3) is 4.15. The fourth-order valence-electron chi connectivity index (χ4n) is 2.21. The maximum Gasteiger partial charge on any atom is 0.339 e. The van der Waals surface area contributed by atoms with Crippen LogP contribution < -0.4 is 14.8 Å². The Kier molecular flexibility index (Phi) is 4.98. The minimum absolute atomic E-state index is 0.0996. The second kappa shape index (κ2) is 7.22. The highest BCUT2D eigenvalue weighted by atomic mass is 35.5. The Balaban J connectivity index is 1.96. The molecule has 0 aromatic heterocycles. The molecule has 0 unspecified atom stereocenters. The van der Waals surface area contributed by atoms with Crippen molar-refractivity contribution >= 4 is 45.6 Å². The quantitative estimate of drug-likeness (QED) is 0.454. The van der Waals surface area contributed by atoms with E-state index in [4.69, 9.17) is 15.8 Å². The molecule has 1 aliphatic heterocycles. The van der Waals surface area contributed by atoms with Crippen LogP contribution in [0.3, 0.4) is 0 Å². The largest absolute Gasteiger partial charge is 0.378 e. The number of carbonyl (C=O) groups excluding carboxylic acids is 3. The average molecular weight is 407 g/mol. The van der Waals surface area contributed by atoms with Crippen LogP contribution in [0, 0.1) is 0 Å². The van der Waals surface area contributed by atoms with E-state index in [-0.39, 0.29) is 21.8 Å². The van der Waals surface area contributed by atoms with Crippen molar-refractivity contribution in [2.45, 2.75) is 4.90 Å². The number of halogens is 1. The van der Waals surface area contributed by atoms with Crippen LogP contribution in [-0.2, 0) is 19.7 Å². The number of hydrogen-bond donors (Lipinski definition) is 2. The van der Waals surface area contributed by atoms with Gasteiger partial charge in [-0.2, -0.15) is 8.42 Å². The van der Waals surface area contributed by atoms with Gasteiger partial charge in [0.25, 0.3) is 11.8 Å². The number of urea groups is 1. The molecule has 10 heteroatoms. The molecular weight excluding hydrogens is 396 g/mol. The Labute approximate surface area is 158 Å². The van der Waals surface area contributed by atoms with Gasteiger partial charge in [0.1, 0.15) is 16.2 Å². The minimum atomic E-state index is -4.17. The molecule has 0 saturated carbocycles. The van der Waals surface area contributed by atoms with Crippen LogP contribution in [0.25, 0.3) is 6.08 Å². The lowest BCUT2D eigenvalue weighted by Gasteiger charge is -2.15. The third-order valence-corrected chi connectivity index (χ3v) is 4.96. The Bertz CT molecular complexity index is 1050. The summed E-state index contributed by atoms with van der Waals surface area (Å²) < 4.78 is 30.0. The van der Waals surface area contributed by atoms with Crippen LogP contribution in [0.5, 0.6) is 5.75 Å². The van der Waals surface area contributed by atoms with E-state index in [1.807, 2.05) is 10.6 Å². The lowest BCUT2D eigenvalue weighted by atomic mass is 10.1. The van der Waals surface area contributed by atoms with Crippen LogP contribution in [0.15, 0.2) is 59.0 Å². The zero-order chi connectivity index (χ0) is 19.6. The molecule has 0 bridgehead atoms. The van der Waals surface area contributed by atoms with Gasteiger partial charge in [-0.05, 0) is 36.4 Å². The van der Waals surface area contributed by atoms with Crippen molar-refractivity contribution in [2.24, 2.45) is 0 Å². The SMILES string of the molecule is O=C1NC(=O)C(=Cc2ccccc2OS(=O)(=O)c2ccc(Cl)cc2)C(=O)N1. The summed E-state index contributed by atoms with van der Waals surface area (Å²) in [5.41, 5.74) is -0.209. The molecule has 1 fully saturated rings. The van der Waals surface area contributed by atoms with Crippen LogP contribution in [0.1, 0.15) is 5.56 Å². The molecule has 4 amide bonds. The first-order valence-corrected chi connectivity index (χ1v) is 9.22. The molecule has 1 heterocycles. The molecule has 3 rings (SSSR count). The van der Waals surface area contributed by atoms with Crippen LogP contribution in [-0.4, -0.2) is 26.3 Å². The number of carbonyl (C=O) groups is 3. The molecule has 2 aromatic rings. The molecule has 0 radical (unpaired) electrons. The molecule has 138 valence electrons. The Morgan fingerprint density at radius 2 is 1.48 bits per heavy atom. The number of barbiturate groups is 1. The number of hydrogen-bond acceptors (Lipinski definition) is 6. The lowest BCUT2D eigenvalue weighted by Crippen LogP contribution is -2.51. The van der Waals surface area contributed by atoms with E-state index in [9.17, 15) is 22.8 Å². The standard InChI is InChI=1S/C17H11ClN2O6S/c18-11-5-7-12(8-6-11)27(24,25)26-14-4-2-1-3-10(14)9-13-15(21)19-17(23)20-16(13)22/h1-9H,(H2,19,20,21,22,23). The van der Waals surface area contributed by atoms with E-state index in [1.165, 1.54) is 42.5 Å². The van der Waals surface area contributed by atoms with Crippen molar-refractivity contribution in [3.05, 3.63) is 64.7 Å². The van der Waals surface area contributed by atoms with Gasteiger partial charge in [0.05, 0.1) is 0 Å². The average Bonchev–Trinajstić information content (AvgIpc) is 2.59. The fraction of sp³-hybridized carbons (Fsp3) is 0. The molecule has 0 atom stereocenters. The van der Waals surface area contributed by atoms with Crippen molar-refractivity contribution in [1.82, 2.24) is 10.6 Å². The van der Waals surface area contributed by atoms with E-state index in [2.05, 4.69) is 0 Å². The molecular formula is C17H11ClN2O6S. The zero-order valence-corrected chi connectivity index (χ0v) is 15.0. The maximum atomic E-state index is 12.4. The number of nitrogens with one attached hydrogen (secondary N) is 2. The summed E-state index contributed by atoms with van der Waals surface area (Å²) >= 11 is 5.75. The number of rotatable bonds is 4. The van der Waals surface area contributed by atoms with Crippen molar-refractivity contribution in [3.63, 3.8) is 0 Å². The molecule has 0 spiro atoms. The Morgan fingerprint density at radius 1 is 0.889 bits per heavy atom. The summed E-state index contributed by atoms with van der Waals surface area (Å²) in [6.45, 7) is 0. The van der Waals surface area contributed by atoms with Gasteiger partial charge in [0, 0.05) is 10.6 Å². The predicted molar refractivity (Wildman–Crippen MR) is 95.4 cm³/mol. The predicted octanol–water partition coefficient (Wildman–Crippen LogP) is 1.86. The first-order valence-electron chi connectivity index (χ1n) is 7.44. The summed E-state index contributed by atoms with van der Waals surface area (Å²) in [7, 11) is -4.17. The normalized spacial score (nSPS) is 14.4. The van der Waals surface area contributed by atoms with Crippen molar-refractivity contribution < 1.29 is 27.0 Å². The number of para-hydroxylation sites is 1. The van der Waals surface area contributed by atoms with Gasteiger partial charge in [0.15, 0.2) is 0 Å². The lowest BCUT2D eigenvalue weighted by molar-refractivity contribution is -0.123. The van der Waals surface area contributed by atoms with Crippen LogP contribution in [0.2, 0.25) is 5.02 Å².